The van der Waals surface area contributed by atoms with Gasteiger partial charge in [0.25, 0.3) is 10.2 Å². The van der Waals surface area contributed by atoms with Crippen LogP contribution in [0.3, 0.4) is 0 Å². The average molecular weight is 318 g/mol. The van der Waals surface area contributed by atoms with Gasteiger partial charge in [0.1, 0.15) is 0 Å². The number of hydrogen-bond donors (Lipinski definition) is 1. The summed E-state index contributed by atoms with van der Waals surface area (Å²) in [5.74, 6) is 0.0803. The molecule has 3 rings (SSSR count). The Morgan fingerprint density at radius 3 is 2.71 bits per heavy atom. The molecule has 0 aromatic heterocycles. The van der Waals surface area contributed by atoms with Crippen LogP contribution in [0.4, 0.5) is 0 Å². The van der Waals surface area contributed by atoms with Crippen LogP contribution in [-0.4, -0.2) is 67.1 Å². The van der Waals surface area contributed by atoms with Crippen molar-refractivity contribution in [3.8, 4) is 0 Å². The van der Waals surface area contributed by atoms with E-state index in [1.165, 1.54) is 0 Å². The van der Waals surface area contributed by atoms with Crippen molar-refractivity contribution < 1.29 is 18.3 Å². The van der Waals surface area contributed by atoms with Crippen LogP contribution < -0.4 is 0 Å². The smallest absolute Gasteiger partial charge is 0.282 e. The van der Waals surface area contributed by atoms with Gasteiger partial charge >= 0.3 is 0 Å². The van der Waals surface area contributed by atoms with Crippen molar-refractivity contribution in [2.24, 2.45) is 5.92 Å². The van der Waals surface area contributed by atoms with Crippen molar-refractivity contribution in [2.45, 2.75) is 50.7 Å². The molecular formula is C14H26N2O4S. The molecule has 0 aromatic carbocycles. The number of aliphatic hydroxyl groups is 1. The zero-order valence-corrected chi connectivity index (χ0v) is 13.3. The quantitative estimate of drug-likeness (QED) is 0.826. The number of ether oxygens (including phenoxy) is 1. The largest absolute Gasteiger partial charge is 0.396 e. The van der Waals surface area contributed by atoms with Gasteiger partial charge in [-0.15, -0.1) is 0 Å². The molecule has 3 unspecified atom stereocenters. The van der Waals surface area contributed by atoms with Gasteiger partial charge in [-0.1, -0.05) is 12.8 Å². The highest BCUT2D eigenvalue weighted by atomic mass is 32.2. The zero-order valence-electron chi connectivity index (χ0n) is 12.5. The fourth-order valence-corrected chi connectivity index (χ4v) is 5.83. The highest BCUT2D eigenvalue weighted by molar-refractivity contribution is 7.86. The molecule has 2 saturated heterocycles. The van der Waals surface area contributed by atoms with Crippen molar-refractivity contribution in [1.82, 2.24) is 8.61 Å². The van der Waals surface area contributed by atoms with Crippen LogP contribution in [0.25, 0.3) is 0 Å². The van der Waals surface area contributed by atoms with Crippen molar-refractivity contribution in [2.75, 3.05) is 32.8 Å². The molecular weight excluding hydrogens is 292 g/mol. The first-order valence-corrected chi connectivity index (χ1v) is 9.52. The molecule has 2 aliphatic heterocycles. The molecule has 3 fully saturated rings. The minimum atomic E-state index is -3.42. The van der Waals surface area contributed by atoms with Crippen molar-refractivity contribution in [3.05, 3.63) is 0 Å². The highest BCUT2D eigenvalue weighted by Gasteiger charge is 2.43. The maximum atomic E-state index is 13.0. The van der Waals surface area contributed by atoms with E-state index in [-0.39, 0.29) is 24.7 Å². The van der Waals surface area contributed by atoms with Gasteiger partial charge in [0.05, 0.1) is 18.8 Å². The predicted molar refractivity (Wildman–Crippen MR) is 79.0 cm³/mol. The number of nitrogens with zero attached hydrogens (tertiary/aromatic N) is 2. The lowest BCUT2D eigenvalue weighted by Crippen LogP contribution is -2.59. The monoisotopic (exact) mass is 318 g/mol. The summed E-state index contributed by atoms with van der Waals surface area (Å²) in [6, 6.07) is 0.00648. The molecule has 0 amide bonds. The van der Waals surface area contributed by atoms with Gasteiger partial charge < -0.3 is 9.84 Å². The van der Waals surface area contributed by atoms with Gasteiger partial charge in [0.2, 0.25) is 0 Å². The van der Waals surface area contributed by atoms with E-state index in [9.17, 15) is 13.5 Å². The first kappa shape index (κ1) is 15.7. The molecule has 122 valence electrons. The molecule has 0 bridgehead atoms. The second-order valence-corrected chi connectivity index (χ2v) is 8.31. The summed E-state index contributed by atoms with van der Waals surface area (Å²) in [6.07, 6.45) is 5.90. The third-order valence-corrected chi connectivity index (χ3v) is 7.07. The van der Waals surface area contributed by atoms with Gasteiger partial charge in [0, 0.05) is 26.2 Å². The maximum absolute atomic E-state index is 13.0. The van der Waals surface area contributed by atoms with Crippen LogP contribution in [-0.2, 0) is 14.9 Å². The molecule has 3 aliphatic rings. The molecule has 1 aliphatic carbocycles. The Kier molecular flexibility index (Phi) is 4.85. The number of aliphatic hydroxyl groups excluding tert-OH is 1. The minimum Gasteiger partial charge on any atom is -0.396 e. The molecule has 0 radical (unpaired) electrons. The molecule has 1 saturated carbocycles. The van der Waals surface area contributed by atoms with E-state index < -0.39 is 10.2 Å². The molecule has 1 N–H and O–H groups in total. The van der Waals surface area contributed by atoms with E-state index in [1.807, 2.05) is 0 Å². The van der Waals surface area contributed by atoms with Crippen molar-refractivity contribution in [1.29, 1.82) is 0 Å². The third-order valence-electron chi connectivity index (χ3n) is 5.04. The van der Waals surface area contributed by atoms with Crippen molar-refractivity contribution >= 4 is 10.2 Å². The standard InChI is InChI=1S/C14H26N2O4S/c17-11-12-4-3-7-15(10-12)21(18,19)16-8-9-20-14-6-2-1-5-13(14)16/h12-14,17H,1-11H2. The summed E-state index contributed by atoms with van der Waals surface area (Å²) < 4.78 is 35.0. The summed E-state index contributed by atoms with van der Waals surface area (Å²) in [6.45, 7) is 2.06. The fourth-order valence-electron chi connectivity index (χ4n) is 3.88. The van der Waals surface area contributed by atoms with Crippen molar-refractivity contribution in [3.63, 3.8) is 0 Å². The molecule has 6 nitrogen and oxygen atoms in total. The number of fused-ring (bicyclic) bond motifs is 1. The second kappa shape index (κ2) is 6.50. The van der Waals surface area contributed by atoms with E-state index in [0.29, 0.717) is 26.2 Å². The lowest BCUT2D eigenvalue weighted by Gasteiger charge is -2.45. The normalized spacial score (nSPS) is 36.3. The molecule has 21 heavy (non-hydrogen) atoms. The number of rotatable bonds is 3. The Bertz CT molecular complexity index is 454. The van der Waals surface area contributed by atoms with Gasteiger partial charge in [-0.25, -0.2) is 0 Å². The summed E-state index contributed by atoms with van der Waals surface area (Å²) >= 11 is 0. The van der Waals surface area contributed by atoms with Crippen LogP contribution in [0.2, 0.25) is 0 Å². The topological polar surface area (TPSA) is 70.1 Å². The van der Waals surface area contributed by atoms with Crippen LogP contribution in [0, 0.1) is 5.92 Å². The van der Waals surface area contributed by atoms with Gasteiger partial charge in [-0.3, -0.25) is 0 Å². The first-order valence-electron chi connectivity index (χ1n) is 8.12. The van der Waals surface area contributed by atoms with Crippen LogP contribution >= 0.6 is 0 Å². The average Bonchev–Trinajstić information content (AvgIpc) is 2.54. The van der Waals surface area contributed by atoms with Gasteiger partial charge in [-0.05, 0) is 31.6 Å². The Balaban J connectivity index is 1.76. The number of piperidine rings is 1. The van der Waals surface area contributed by atoms with Crippen LogP contribution in [0.1, 0.15) is 38.5 Å². The van der Waals surface area contributed by atoms with E-state index >= 15 is 0 Å². The molecule has 0 aromatic rings. The summed E-state index contributed by atoms with van der Waals surface area (Å²) in [7, 11) is -3.42. The third kappa shape index (κ3) is 3.12. The van der Waals surface area contributed by atoms with E-state index in [0.717, 1.165) is 38.5 Å². The van der Waals surface area contributed by atoms with E-state index in [1.54, 1.807) is 8.61 Å². The lowest BCUT2D eigenvalue weighted by molar-refractivity contribution is -0.0606. The Labute approximate surface area is 127 Å². The molecule has 0 spiro atoms. The van der Waals surface area contributed by atoms with Crippen LogP contribution in [0.15, 0.2) is 0 Å². The summed E-state index contributed by atoms with van der Waals surface area (Å²) in [4.78, 5) is 0. The fraction of sp³-hybridized carbons (Fsp3) is 1.00. The second-order valence-electron chi connectivity index (χ2n) is 6.43. The Morgan fingerprint density at radius 1 is 1.10 bits per heavy atom. The number of morpholine rings is 1. The van der Waals surface area contributed by atoms with E-state index in [4.69, 9.17) is 4.74 Å². The lowest BCUT2D eigenvalue weighted by atomic mass is 9.91. The predicted octanol–water partition coefficient (Wildman–Crippen LogP) is 0.579. The molecule has 2 heterocycles. The molecule has 3 atom stereocenters. The molecule has 7 heteroatoms. The van der Waals surface area contributed by atoms with Gasteiger partial charge in [0.15, 0.2) is 0 Å². The van der Waals surface area contributed by atoms with E-state index in [2.05, 4.69) is 0 Å². The Morgan fingerprint density at radius 2 is 1.90 bits per heavy atom. The summed E-state index contributed by atoms with van der Waals surface area (Å²) in [5, 5.41) is 9.32. The minimum absolute atomic E-state index is 0.00648. The Hall–Kier alpha value is -0.210. The van der Waals surface area contributed by atoms with Crippen LogP contribution in [0.5, 0.6) is 0 Å². The SMILES string of the molecule is O=S(=O)(N1CCCC(CO)C1)N1CCOC2CCCCC21. The highest BCUT2D eigenvalue weighted by Crippen LogP contribution is 2.32. The zero-order chi connectivity index (χ0) is 14.9. The number of hydrogen-bond acceptors (Lipinski definition) is 4. The maximum Gasteiger partial charge on any atom is 0.282 e. The first-order chi connectivity index (χ1) is 10.1. The van der Waals surface area contributed by atoms with Gasteiger partial charge in [-0.2, -0.15) is 17.0 Å². The summed E-state index contributed by atoms with van der Waals surface area (Å²) in [5.41, 5.74) is 0.